The fourth-order valence-electron chi connectivity index (χ4n) is 1.94. The number of halogens is 2. The highest BCUT2D eigenvalue weighted by atomic mass is 35.5. The van der Waals surface area contributed by atoms with Gasteiger partial charge in [-0.3, -0.25) is 9.59 Å². The molecule has 0 bridgehead atoms. The predicted octanol–water partition coefficient (Wildman–Crippen LogP) is 3.23. The average molecular weight is 365 g/mol. The van der Waals surface area contributed by atoms with Crippen molar-refractivity contribution in [3.8, 4) is 0 Å². The van der Waals surface area contributed by atoms with Gasteiger partial charge < -0.3 is 15.4 Å². The summed E-state index contributed by atoms with van der Waals surface area (Å²) in [6, 6.07) is 9.70. The molecule has 0 atom stereocenters. The van der Waals surface area contributed by atoms with E-state index in [-0.39, 0.29) is 10.7 Å². The van der Waals surface area contributed by atoms with Crippen LogP contribution in [0.4, 0.5) is 15.8 Å². The van der Waals surface area contributed by atoms with Crippen molar-refractivity contribution in [2.24, 2.45) is 0 Å². The van der Waals surface area contributed by atoms with Crippen molar-refractivity contribution in [2.75, 3.05) is 17.7 Å². The number of methoxy groups -OCH3 is 1. The van der Waals surface area contributed by atoms with Crippen molar-refractivity contribution in [1.82, 2.24) is 0 Å². The third-order valence-electron chi connectivity index (χ3n) is 3.11. The lowest BCUT2D eigenvalue weighted by molar-refractivity contribution is -0.123. The quantitative estimate of drug-likeness (QED) is 0.630. The van der Waals surface area contributed by atoms with Crippen molar-refractivity contribution < 1.29 is 23.5 Å². The minimum Gasteiger partial charge on any atom is -0.465 e. The zero-order valence-corrected chi connectivity index (χ0v) is 13.9. The Hall–Kier alpha value is -2.93. The van der Waals surface area contributed by atoms with Crippen LogP contribution in [0.5, 0.6) is 0 Å². The lowest BCUT2D eigenvalue weighted by Crippen LogP contribution is -2.21. The maximum absolute atomic E-state index is 13.1. The third kappa shape index (κ3) is 5.29. The number of hydrogen-bond donors (Lipinski definition) is 2. The minimum atomic E-state index is -0.604. The normalized spacial score (nSPS) is 10.0. The van der Waals surface area contributed by atoms with Crippen molar-refractivity contribution in [2.45, 2.75) is 6.42 Å². The molecule has 25 heavy (non-hydrogen) atoms. The predicted molar refractivity (Wildman–Crippen MR) is 91.1 cm³/mol. The van der Waals surface area contributed by atoms with E-state index >= 15 is 0 Å². The van der Waals surface area contributed by atoms with Gasteiger partial charge in [-0.2, -0.15) is 0 Å². The summed E-state index contributed by atoms with van der Waals surface area (Å²) >= 11 is 5.62. The number of carbonyl (C=O) groups excluding carboxylic acids is 3. The maximum atomic E-state index is 13.1. The molecule has 0 spiro atoms. The molecule has 0 saturated heterocycles. The van der Waals surface area contributed by atoms with Crippen LogP contribution in [0.2, 0.25) is 5.02 Å². The van der Waals surface area contributed by atoms with E-state index < -0.39 is 30.0 Å². The van der Waals surface area contributed by atoms with Crippen molar-refractivity contribution in [1.29, 1.82) is 0 Å². The van der Waals surface area contributed by atoms with E-state index in [0.717, 1.165) is 6.07 Å². The summed E-state index contributed by atoms with van der Waals surface area (Å²) in [5, 5.41) is 4.84. The second-order valence-corrected chi connectivity index (χ2v) is 5.38. The molecule has 0 fully saturated rings. The number of carbonyl (C=O) groups is 3. The summed E-state index contributed by atoms with van der Waals surface area (Å²) in [6.45, 7) is 0. The molecule has 8 heteroatoms. The molecule has 2 aromatic rings. The lowest BCUT2D eigenvalue weighted by atomic mass is 10.2. The van der Waals surface area contributed by atoms with Crippen LogP contribution in [-0.4, -0.2) is 24.9 Å². The van der Waals surface area contributed by atoms with Crippen molar-refractivity contribution >= 4 is 40.8 Å². The number of nitrogens with one attached hydrogen (secondary N) is 2. The van der Waals surface area contributed by atoms with Gasteiger partial charge >= 0.3 is 5.97 Å². The van der Waals surface area contributed by atoms with Gasteiger partial charge in [0, 0.05) is 11.4 Å². The molecule has 2 N–H and O–H groups in total. The second kappa shape index (κ2) is 8.25. The fraction of sp³-hybridized carbons (Fsp3) is 0.118. The maximum Gasteiger partial charge on any atom is 0.337 e. The van der Waals surface area contributed by atoms with E-state index in [2.05, 4.69) is 15.4 Å². The summed E-state index contributed by atoms with van der Waals surface area (Å²) in [7, 11) is 1.27. The molecule has 2 rings (SSSR count). The first-order valence-electron chi connectivity index (χ1n) is 7.12. The molecule has 0 saturated carbocycles. The molecule has 6 nitrogen and oxygen atoms in total. The molecule has 0 aromatic heterocycles. The Kier molecular flexibility index (Phi) is 6.08. The second-order valence-electron chi connectivity index (χ2n) is 4.97. The smallest absolute Gasteiger partial charge is 0.337 e. The van der Waals surface area contributed by atoms with E-state index in [4.69, 9.17) is 11.6 Å². The highest BCUT2D eigenvalue weighted by molar-refractivity contribution is 6.31. The molecular weight excluding hydrogens is 351 g/mol. The number of hydrogen-bond acceptors (Lipinski definition) is 4. The largest absolute Gasteiger partial charge is 0.465 e. The first-order valence-corrected chi connectivity index (χ1v) is 7.50. The minimum absolute atomic E-state index is 0.132. The van der Waals surface area contributed by atoms with Gasteiger partial charge in [-0.1, -0.05) is 11.6 Å². The van der Waals surface area contributed by atoms with Crippen LogP contribution in [0.15, 0.2) is 42.5 Å². The lowest BCUT2D eigenvalue weighted by Gasteiger charge is -2.08. The standard InChI is InChI=1S/C17H14ClFN2O4/c1-25-17(24)10-2-4-11(5-3-10)20-15(22)9-16(23)21-12-6-7-14(19)13(18)8-12/h2-8H,9H2,1H3,(H,20,22)(H,21,23). The summed E-state index contributed by atoms with van der Waals surface area (Å²) < 4.78 is 17.6. The molecule has 130 valence electrons. The van der Waals surface area contributed by atoms with Crippen molar-refractivity contribution in [3.63, 3.8) is 0 Å². The number of rotatable bonds is 5. The molecule has 0 heterocycles. The van der Waals surface area contributed by atoms with E-state index in [1.165, 1.54) is 43.5 Å². The molecule has 0 aliphatic carbocycles. The van der Waals surface area contributed by atoms with Crippen LogP contribution in [0.25, 0.3) is 0 Å². The molecule has 2 amide bonds. The van der Waals surface area contributed by atoms with Crippen molar-refractivity contribution in [3.05, 3.63) is 58.9 Å². The number of esters is 1. The summed E-state index contributed by atoms with van der Waals surface area (Å²) in [5.41, 5.74) is 1.05. The Morgan fingerprint density at radius 2 is 1.56 bits per heavy atom. The van der Waals surface area contributed by atoms with Crippen LogP contribution < -0.4 is 10.6 Å². The number of ether oxygens (including phenoxy) is 1. The van der Waals surface area contributed by atoms with Gasteiger partial charge in [0.15, 0.2) is 0 Å². The van der Waals surface area contributed by atoms with E-state index in [1.54, 1.807) is 0 Å². The Bertz CT molecular complexity index is 809. The molecule has 0 unspecified atom stereocenters. The Labute approximate surface area is 147 Å². The van der Waals surface area contributed by atoms with Crippen LogP contribution in [-0.2, 0) is 14.3 Å². The highest BCUT2D eigenvalue weighted by Crippen LogP contribution is 2.19. The number of anilines is 2. The Balaban J connectivity index is 1.89. The number of benzene rings is 2. The van der Waals surface area contributed by atoms with Gasteiger partial charge in [-0.15, -0.1) is 0 Å². The summed E-state index contributed by atoms with van der Waals surface area (Å²) in [4.78, 5) is 35.0. The zero-order chi connectivity index (χ0) is 18.4. The van der Waals surface area contributed by atoms with Crippen LogP contribution >= 0.6 is 11.6 Å². The van der Waals surface area contributed by atoms with E-state index in [0.29, 0.717) is 11.3 Å². The first-order chi connectivity index (χ1) is 11.9. The first kappa shape index (κ1) is 18.4. The summed E-state index contributed by atoms with van der Waals surface area (Å²) in [5.74, 6) is -2.22. The Morgan fingerprint density at radius 3 is 2.12 bits per heavy atom. The van der Waals surface area contributed by atoms with E-state index in [1.807, 2.05) is 0 Å². The molecule has 0 aliphatic heterocycles. The van der Waals surface area contributed by atoms with Gasteiger partial charge in [0.25, 0.3) is 0 Å². The topological polar surface area (TPSA) is 84.5 Å². The average Bonchev–Trinajstić information content (AvgIpc) is 2.58. The molecule has 2 aromatic carbocycles. The fourth-order valence-corrected chi connectivity index (χ4v) is 2.12. The highest BCUT2D eigenvalue weighted by Gasteiger charge is 2.12. The molecule has 0 radical (unpaired) electrons. The van der Waals surface area contributed by atoms with Gasteiger partial charge in [0.1, 0.15) is 12.2 Å². The number of amides is 2. The van der Waals surface area contributed by atoms with Gasteiger partial charge in [0.05, 0.1) is 17.7 Å². The van der Waals surface area contributed by atoms with Crippen LogP contribution in [0.1, 0.15) is 16.8 Å². The zero-order valence-electron chi connectivity index (χ0n) is 13.1. The van der Waals surface area contributed by atoms with Crippen LogP contribution in [0.3, 0.4) is 0 Å². The molecule has 0 aliphatic rings. The summed E-state index contributed by atoms with van der Waals surface area (Å²) in [6.07, 6.45) is -0.437. The SMILES string of the molecule is COC(=O)c1ccc(NC(=O)CC(=O)Nc2ccc(F)c(Cl)c2)cc1. The molecular formula is C17H14ClFN2O4. The van der Waals surface area contributed by atoms with Gasteiger partial charge in [-0.05, 0) is 42.5 Å². The van der Waals surface area contributed by atoms with E-state index in [9.17, 15) is 18.8 Å². The van der Waals surface area contributed by atoms with Gasteiger partial charge in [0.2, 0.25) is 11.8 Å². The third-order valence-corrected chi connectivity index (χ3v) is 3.40. The Morgan fingerprint density at radius 1 is 1.00 bits per heavy atom. The monoisotopic (exact) mass is 364 g/mol. The van der Waals surface area contributed by atoms with Crippen LogP contribution in [0, 0.1) is 5.82 Å². The van der Waals surface area contributed by atoms with Gasteiger partial charge in [-0.25, -0.2) is 9.18 Å².